The molecule has 6 nitrogen and oxygen atoms in total. The highest BCUT2D eigenvalue weighted by molar-refractivity contribution is 7.89. The predicted molar refractivity (Wildman–Crippen MR) is 111 cm³/mol. The molecule has 0 aliphatic carbocycles. The lowest BCUT2D eigenvalue weighted by Crippen LogP contribution is -2.29. The molecule has 1 unspecified atom stereocenters. The summed E-state index contributed by atoms with van der Waals surface area (Å²) in [6.07, 6.45) is 3.77. The van der Waals surface area contributed by atoms with Crippen LogP contribution in [0.2, 0.25) is 0 Å². The van der Waals surface area contributed by atoms with E-state index in [1.807, 2.05) is 19.1 Å². The van der Waals surface area contributed by atoms with Crippen molar-refractivity contribution < 1.29 is 13.2 Å². The summed E-state index contributed by atoms with van der Waals surface area (Å²) in [4.78, 5) is 15.0. The zero-order chi connectivity index (χ0) is 20.1. The van der Waals surface area contributed by atoms with E-state index in [0.29, 0.717) is 5.56 Å². The molecule has 2 aromatic carbocycles. The van der Waals surface area contributed by atoms with Crippen LogP contribution in [0.5, 0.6) is 0 Å². The number of amides is 1. The van der Waals surface area contributed by atoms with E-state index in [1.54, 1.807) is 12.1 Å². The lowest BCUT2D eigenvalue weighted by atomic mass is 10.1. The molecule has 0 aromatic heterocycles. The smallest absolute Gasteiger partial charge is 0.251 e. The normalized spacial score (nSPS) is 15.9. The van der Waals surface area contributed by atoms with E-state index >= 15 is 0 Å². The van der Waals surface area contributed by atoms with Crippen molar-refractivity contribution in [1.29, 1.82) is 0 Å². The molecule has 28 heavy (non-hydrogen) atoms. The summed E-state index contributed by atoms with van der Waals surface area (Å²) in [7, 11) is -2.24. The van der Waals surface area contributed by atoms with E-state index < -0.39 is 10.0 Å². The fourth-order valence-corrected chi connectivity index (χ4v) is 4.19. The second-order valence-electron chi connectivity index (χ2n) is 7.07. The highest BCUT2D eigenvalue weighted by atomic mass is 32.2. The van der Waals surface area contributed by atoms with Crippen LogP contribution >= 0.6 is 0 Å². The molecule has 1 fully saturated rings. The lowest BCUT2D eigenvalue weighted by molar-refractivity contribution is 0.0939. The Morgan fingerprint density at radius 1 is 1.04 bits per heavy atom. The van der Waals surface area contributed by atoms with E-state index in [1.165, 1.54) is 44.1 Å². The van der Waals surface area contributed by atoms with Gasteiger partial charge in [0.05, 0.1) is 10.9 Å². The number of hydrogen-bond acceptors (Lipinski definition) is 4. The van der Waals surface area contributed by atoms with Gasteiger partial charge in [-0.3, -0.25) is 4.79 Å². The molecule has 0 radical (unpaired) electrons. The largest absolute Gasteiger partial charge is 0.372 e. The first-order valence-electron chi connectivity index (χ1n) is 9.60. The molecule has 0 saturated carbocycles. The predicted octanol–water partition coefficient (Wildman–Crippen LogP) is 3.08. The Kier molecular flexibility index (Phi) is 6.36. The first kappa shape index (κ1) is 20.4. The van der Waals surface area contributed by atoms with Crippen molar-refractivity contribution in [3.8, 4) is 0 Å². The fraction of sp³-hybridized carbons (Fsp3) is 0.381. The van der Waals surface area contributed by atoms with Gasteiger partial charge in [-0.25, -0.2) is 13.1 Å². The molecule has 7 heteroatoms. The molecule has 1 aliphatic heterocycles. The Labute approximate surface area is 167 Å². The molecule has 1 aliphatic rings. The van der Waals surface area contributed by atoms with E-state index in [2.05, 4.69) is 27.1 Å². The Bertz CT molecular complexity index is 920. The maximum absolute atomic E-state index is 12.6. The number of carbonyl (C=O) groups excluding carboxylic acids is 1. The summed E-state index contributed by atoms with van der Waals surface area (Å²) < 4.78 is 26.1. The van der Waals surface area contributed by atoms with Gasteiger partial charge in [0, 0.05) is 24.3 Å². The monoisotopic (exact) mass is 401 g/mol. The van der Waals surface area contributed by atoms with Gasteiger partial charge in [-0.15, -0.1) is 0 Å². The van der Waals surface area contributed by atoms with E-state index in [4.69, 9.17) is 0 Å². The number of hydrogen-bond donors (Lipinski definition) is 2. The highest BCUT2D eigenvalue weighted by Crippen LogP contribution is 2.23. The second-order valence-corrected chi connectivity index (χ2v) is 8.96. The van der Waals surface area contributed by atoms with Crippen LogP contribution in [0, 0.1) is 0 Å². The van der Waals surface area contributed by atoms with Gasteiger partial charge < -0.3 is 10.2 Å². The summed E-state index contributed by atoms with van der Waals surface area (Å²) in [6.45, 7) is 4.11. The van der Waals surface area contributed by atoms with Gasteiger partial charge in [-0.05, 0) is 69.1 Å². The maximum Gasteiger partial charge on any atom is 0.251 e. The molecule has 0 bridgehead atoms. The Hall–Kier alpha value is -2.38. The van der Waals surface area contributed by atoms with Crippen molar-refractivity contribution in [2.45, 2.75) is 37.1 Å². The summed E-state index contributed by atoms with van der Waals surface area (Å²) >= 11 is 0. The topological polar surface area (TPSA) is 78.5 Å². The molecule has 150 valence electrons. The molecule has 0 spiro atoms. The first-order chi connectivity index (χ1) is 13.4. The molecule has 2 N–H and O–H groups in total. The van der Waals surface area contributed by atoms with Crippen molar-refractivity contribution in [2.75, 3.05) is 25.0 Å². The van der Waals surface area contributed by atoms with Crippen LogP contribution in [0.25, 0.3) is 0 Å². The number of carbonyl (C=O) groups is 1. The number of nitrogens with zero attached hydrogens (tertiary/aromatic N) is 1. The van der Waals surface area contributed by atoms with Crippen LogP contribution in [0.4, 0.5) is 5.69 Å². The third-order valence-electron chi connectivity index (χ3n) is 5.14. The van der Waals surface area contributed by atoms with Crippen LogP contribution in [0.1, 0.15) is 48.1 Å². The minimum absolute atomic E-state index is 0.0705. The third-order valence-corrected chi connectivity index (χ3v) is 6.55. The minimum atomic E-state index is -3.59. The number of benzene rings is 2. The molecule has 2 aromatic rings. The molecule has 1 atom stereocenters. The number of piperidine rings is 1. The number of sulfonamides is 1. The zero-order valence-corrected chi connectivity index (χ0v) is 17.1. The molecular weight excluding hydrogens is 374 g/mol. The summed E-state index contributed by atoms with van der Waals surface area (Å²) in [6, 6.07) is 14.1. The summed E-state index contributed by atoms with van der Waals surface area (Å²) in [5, 5.41) is 2.94. The van der Waals surface area contributed by atoms with Crippen molar-refractivity contribution in [3.05, 3.63) is 59.7 Å². The molecule has 1 amide bonds. The average Bonchev–Trinajstić information content (AvgIpc) is 2.74. The average molecular weight is 402 g/mol. The zero-order valence-electron chi connectivity index (χ0n) is 16.3. The van der Waals surface area contributed by atoms with Crippen LogP contribution in [-0.4, -0.2) is 34.5 Å². The van der Waals surface area contributed by atoms with Crippen LogP contribution in [0.3, 0.4) is 0 Å². The molecular formula is C21H27N3O3S. The van der Waals surface area contributed by atoms with Crippen molar-refractivity contribution in [3.63, 3.8) is 0 Å². The number of rotatable bonds is 6. The van der Waals surface area contributed by atoms with Gasteiger partial charge in [0.1, 0.15) is 0 Å². The standard InChI is InChI=1S/C21H27N3O3S/c1-16(17-9-11-19(12-10-17)24-13-4-3-5-14-24)23-21(25)18-7-6-8-20(15-18)28(26,27)22-2/h6-12,15-16,22H,3-5,13-14H2,1-2H3,(H,23,25). The van der Waals surface area contributed by atoms with Gasteiger partial charge in [-0.2, -0.15) is 0 Å². The minimum Gasteiger partial charge on any atom is -0.372 e. The Morgan fingerprint density at radius 3 is 2.36 bits per heavy atom. The van der Waals surface area contributed by atoms with Crippen LogP contribution in [0.15, 0.2) is 53.4 Å². The molecule has 1 heterocycles. The maximum atomic E-state index is 12.6. The highest BCUT2D eigenvalue weighted by Gasteiger charge is 2.17. The fourth-order valence-electron chi connectivity index (χ4n) is 3.41. The van der Waals surface area contributed by atoms with E-state index in [9.17, 15) is 13.2 Å². The van der Waals surface area contributed by atoms with Gasteiger partial charge >= 0.3 is 0 Å². The molecule has 1 saturated heterocycles. The van der Waals surface area contributed by atoms with Gasteiger partial charge in [0.15, 0.2) is 0 Å². The van der Waals surface area contributed by atoms with Gasteiger partial charge in [-0.1, -0.05) is 18.2 Å². The Balaban J connectivity index is 1.68. The van der Waals surface area contributed by atoms with Crippen molar-refractivity contribution in [1.82, 2.24) is 10.0 Å². The third kappa shape index (κ3) is 4.72. The van der Waals surface area contributed by atoms with E-state index in [0.717, 1.165) is 18.7 Å². The summed E-state index contributed by atoms with van der Waals surface area (Å²) in [5.74, 6) is -0.305. The quantitative estimate of drug-likeness (QED) is 0.780. The lowest BCUT2D eigenvalue weighted by Gasteiger charge is -2.29. The number of anilines is 1. The Morgan fingerprint density at radius 2 is 1.71 bits per heavy atom. The van der Waals surface area contributed by atoms with Gasteiger partial charge in [0.25, 0.3) is 5.91 Å². The SMILES string of the molecule is CNS(=O)(=O)c1cccc(C(=O)NC(C)c2ccc(N3CCCCC3)cc2)c1. The van der Waals surface area contributed by atoms with Crippen LogP contribution < -0.4 is 14.9 Å². The summed E-state index contributed by atoms with van der Waals surface area (Å²) in [5.41, 5.74) is 2.54. The van der Waals surface area contributed by atoms with E-state index in [-0.39, 0.29) is 16.8 Å². The number of nitrogens with one attached hydrogen (secondary N) is 2. The van der Waals surface area contributed by atoms with Crippen LogP contribution in [-0.2, 0) is 10.0 Å². The second kappa shape index (κ2) is 8.75. The van der Waals surface area contributed by atoms with Gasteiger partial charge in [0.2, 0.25) is 10.0 Å². The first-order valence-corrected chi connectivity index (χ1v) is 11.1. The molecule has 3 rings (SSSR count). The van der Waals surface area contributed by atoms with Crippen molar-refractivity contribution >= 4 is 21.6 Å². The van der Waals surface area contributed by atoms with Crippen molar-refractivity contribution in [2.24, 2.45) is 0 Å².